The number of aryl methyl sites for hydroxylation is 1. The third-order valence-corrected chi connectivity index (χ3v) is 6.56. The van der Waals surface area contributed by atoms with E-state index in [1.54, 1.807) is 25.1 Å². The van der Waals surface area contributed by atoms with E-state index in [0.717, 1.165) is 21.4 Å². The minimum Gasteiger partial charge on any atom is -0.465 e. The van der Waals surface area contributed by atoms with Gasteiger partial charge in [-0.3, -0.25) is 10.1 Å². The lowest BCUT2D eigenvalue weighted by atomic mass is 10.2. The lowest BCUT2D eigenvalue weighted by Crippen LogP contribution is -2.33. The van der Waals surface area contributed by atoms with E-state index in [-0.39, 0.29) is 5.11 Å². The maximum absolute atomic E-state index is 12.5. The number of fused-ring (bicyclic) bond motifs is 1. The molecular formula is C16H11Cl2N3O3S3. The summed E-state index contributed by atoms with van der Waals surface area (Å²) in [6.45, 7) is 1.68. The Morgan fingerprint density at radius 3 is 2.67 bits per heavy atom. The Balaban J connectivity index is 1.74. The maximum atomic E-state index is 12.5. The zero-order chi connectivity index (χ0) is 19.7. The normalized spacial score (nSPS) is 10.7. The molecule has 3 rings (SSSR count). The predicted octanol–water partition coefficient (Wildman–Crippen LogP) is 4.89. The van der Waals surface area contributed by atoms with Gasteiger partial charge in [0.1, 0.15) is 9.75 Å². The summed E-state index contributed by atoms with van der Waals surface area (Å²) < 4.78 is 5.49. The summed E-state index contributed by atoms with van der Waals surface area (Å²) in [6.07, 6.45) is 0. The SMILES string of the molecule is COC(=O)c1sc(NC(=S)NC(=O)c2sc3cc(Cl)ccc3c2Cl)nc1C. The van der Waals surface area contributed by atoms with Crippen molar-refractivity contribution in [3.05, 3.63) is 43.7 Å². The average Bonchev–Trinajstić information content (AvgIpc) is 3.13. The fourth-order valence-corrected chi connectivity index (χ4v) is 5.04. The number of anilines is 1. The number of hydrogen-bond acceptors (Lipinski definition) is 7. The van der Waals surface area contributed by atoms with Gasteiger partial charge in [-0.2, -0.15) is 0 Å². The van der Waals surface area contributed by atoms with Crippen molar-refractivity contribution in [3.63, 3.8) is 0 Å². The molecule has 2 heterocycles. The molecule has 2 aromatic heterocycles. The van der Waals surface area contributed by atoms with Gasteiger partial charge in [0.2, 0.25) is 0 Å². The number of amides is 1. The van der Waals surface area contributed by atoms with Gasteiger partial charge in [0.15, 0.2) is 10.2 Å². The zero-order valence-corrected chi connectivity index (χ0v) is 17.8. The highest BCUT2D eigenvalue weighted by molar-refractivity contribution is 7.80. The fraction of sp³-hybridized carbons (Fsp3) is 0.125. The number of aromatic nitrogens is 1. The fourth-order valence-electron chi connectivity index (χ4n) is 2.21. The van der Waals surface area contributed by atoms with E-state index in [1.807, 2.05) is 0 Å². The molecule has 0 aliphatic rings. The van der Waals surface area contributed by atoms with Crippen molar-refractivity contribution < 1.29 is 14.3 Å². The number of thiazole rings is 1. The quantitative estimate of drug-likeness (QED) is 0.428. The first-order valence-electron chi connectivity index (χ1n) is 7.35. The van der Waals surface area contributed by atoms with Crippen LogP contribution in [0.4, 0.5) is 5.13 Å². The monoisotopic (exact) mass is 459 g/mol. The molecule has 0 aliphatic carbocycles. The van der Waals surface area contributed by atoms with Crippen LogP contribution in [-0.4, -0.2) is 29.1 Å². The summed E-state index contributed by atoms with van der Waals surface area (Å²) in [5.74, 6) is -0.931. The molecular weight excluding hydrogens is 449 g/mol. The van der Waals surface area contributed by atoms with Gasteiger partial charge in [0.05, 0.1) is 17.8 Å². The van der Waals surface area contributed by atoms with Gasteiger partial charge in [-0.15, -0.1) is 11.3 Å². The first kappa shape index (κ1) is 20.0. The number of carbonyl (C=O) groups is 2. The van der Waals surface area contributed by atoms with Gasteiger partial charge < -0.3 is 10.1 Å². The topological polar surface area (TPSA) is 80.3 Å². The predicted molar refractivity (Wildman–Crippen MR) is 114 cm³/mol. The van der Waals surface area contributed by atoms with Crippen molar-refractivity contribution in [2.75, 3.05) is 12.4 Å². The molecule has 27 heavy (non-hydrogen) atoms. The molecule has 11 heteroatoms. The smallest absolute Gasteiger partial charge is 0.350 e. The van der Waals surface area contributed by atoms with E-state index in [1.165, 1.54) is 18.4 Å². The van der Waals surface area contributed by atoms with Crippen molar-refractivity contribution in [1.29, 1.82) is 0 Å². The second-order valence-corrected chi connectivity index (χ2v) is 8.49. The molecule has 1 aromatic carbocycles. The standard InChI is InChI=1S/C16H11Cl2N3O3S3/c1-6-11(14(23)24-2)27-16(19-6)21-15(25)20-13(22)12-10(18)8-4-3-7(17)5-9(8)26-12/h3-5H,1-2H3,(H2,19,20,21,22,25). The molecule has 1 amide bonds. The summed E-state index contributed by atoms with van der Waals surface area (Å²) in [5.41, 5.74) is 0.507. The Morgan fingerprint density at radius 1 is 1.22 bits per heavy atom. The van der Waals surface area contributed by atoms with Crippen LogP contribution in [0.5, 0.6) is 0 Å². The molecule has 140 valence electrons. The number of methoxy groups -OCH3 is 1. The first-order valence-corrected chi connectivity index (χ1v) is 10.2. The van der Waals surface area contributed by atoms with Crippen LogP contribution in [0.25, 0.3) is 10.1 Å². The molecule has 0 saturated carbocycles. The molecule has 2 N–H and O–H groups in total. The van der Waals surface area contributed by atoms with Crippen LogP contribution in [0.2, 0.25) is 10.0 Å². The Bertz CT molecular complexity index is 1080. The number of esters is 1. The minimum atomic E-state index is -0.483. The highest BCUT2D eigenvalue weighted by atomic mass is 35.5. The molecule has 0 bridgehead atoms. The van der Waals surface area contributed by atoms with E-state index < -0.39 is 11.9 Å². The number of nitrogens with one attached hydrogen (secondary N) is 2. The largest absolute Gasteiger partial charge is 0.465 e. The molecule has 0 spiro atoms. The number of ether oxygens (including phenoxy) is 1. The van der Waals surface area contributed by atoms with Crippen LogP contribution < -0.4 is 10.6 Å². The second-order valence-electron chi connectivity index (χ2n) is 5.22. The van der Waals surface area contributed by atoms with Crippen molar-refractivity contribution in [1.82, 2.24) is 10.3 Å². The van der Waals surface area contributed by atoms with E-state index in [0.29, 0.717) is 30.6 Å². The van der Waals surface area contributed by atoms with Crippen LogP contribution in [-0.2, 0) is 4.74 Å². The molecule has 0 aliphatic heterocycles. The highest BCUT2D eigenvalue weighted by Gasteiger charge is 2.20. The Morgan fingerprint density at radius 2 is 1.96 bits per heavy atom. The molecule has 0 unspecified atom stereocenters. The Labute approximate surface area is 177 Å². The van der Waals surface area contributed by atoms with Crippen molar-refractivity contribution >= 4 is 90.3 Å². The third kappa shape index (κ3) is 4.22. The maximum Gasteiger partial charge on any atom is 0.350 e. The number of nitrogens with zero attached hydrogens (tertiary/aromatic N) is 1. The van der Waals surface area contributed by atoms with Gasteiger partial charge >= 0.3 is 5.97 Å². The average molecular weight is 460 g/mol. The van der Waals surface area contributed by atoms with Crippen molar-refractivity contribution in [2.45, 2.75) is 6.92 Å². The third-order valence-electron chi connectivity index (χ3n) is 3.41. The van der Waals surface area contributed by atoms with Crippen LogP contribution in [0.1, 0.15) is 25.0 Å². The van der Waals surface area contributed by atoms with Crippen LogP contribution in [0.3, 0.4) is 0 Å². The van der Waals surface area contributed by atoms with Crippen LogP contribution in [0.15, 0.2) is 18.2 Å². The summed E-state index contributed by atoms with van der Waals surface area (Å²) in [6, 6.07) is 5.21. The lowest BCUT2D eigenvalue weighted by Gasteiger charge is -2.06. The Kier molecular flexibility index (Phi) is 5.97. The van der Waals surface area contributed by atoms with Crippen molar-refractivity contribution in [2.24, 2.45) is 0 Å². The van der Waals surface area contributed by atoms with E-state index >= 15 is 0 Å². The summed E-state index contributed by atoms with van der Waals surface area (Å²) >= 11 is 19.7. The first-order chi connectivity index (χ1) is 12.8. The van der Waals surface area contributed by atoms with E-state index in [2.05, 4.69) is 20.4 Å². The van der Waals surface area contributed by atoms with Gasteiger partial charge in [0, 0.05) is 15.1 Å². The van der Waals surface area contributed by atoms with Crippen LogP contribution in [0, 0.1) is 6.92 Å². The molecule has 3 aromatic rings. The minimum absolute atomic E-state index is 0.0386. The van der Waals surface area contributed by atoms with Gasteiger partial charge in [-0.05, 0) is 31.3 Å². The zero-order valence-electron chi connectivity index (χ0n) is 13.9. The van der Waals surface area contributed by atoms with Crippen LogP contribution >= 0.6 is 58.1 Å². The molecule has 0 radical (unpaired) electrons. The number of carbonyl (C=O) groups excluding carboxylic acids is 2. The number of benzene rings is 1. The van der Waals surface area contributed by atoms with Crippen molar-refractivity contribution in [3.8, 4) is 0 Å². The van der Waals surface area contributed by atoms with Gasteiger partial charge in [0.25, 0.3) is 5.91 Å². The molecule has 0 fully saturated rings. The Hall–Kier alpha value is -1.78. The molecule has 0 atom stereocenters. The summed E-state index contributed by atoms with van der Waals surface area (Å²) in [4.78, 5) is 29.0. The van der Waals surface area contributed by atoms with E-state index in [4.69, 9.17) is 35.4 Å². The van der Waals surface area contributed by atoms with E-state index in [9.17, 15) is 9.59 Å². The van der Waals surface area contributed by atoms with Gasteiger partial charge in [-0.1, -0.05) is 40.6 Å². The summed E-state index contributed by atoms with van der Waals surface area (Å²) in [7, 11) is 1.29. The van der Waals surface area contributed by atoms with Gasteiger partial charge in [-0.25, -0.2) is 9.78 Å². The number of rotatable bonds is 3. The highest BCUT2D eigenvalue weighted by Crippen LogP contribution is 2.36. The second kappa shape index (κ2) is 8.07. The lowest BCUT2D eigenvalue weighted by molar-refractivity contribution is 0.0605. The summed E-state index contributed by atoms with van der Waals surface area (Å²) in [5, 5.41) is 7.39. The number of hydrogen-bond donors (Lipinski definition) is 2. The number of thiophene rings is 1. The molecule has 6 nitrogen and oxygen atoms in total. The number of thiocarbonyl (C=S) groups is 1. The molecule has 0 saturated heterocycles. The number of halogens is 2.